The first-order valence-corrected chi connectivity index (χ1v) is 8.07. The predicted octanol–water partition coefficient (Wildman–Crippen LogP) is 1.97. The highest BCUT2D eigenvalue weighted by Gasteiger charge is 2.37. The molecule has 6 heteroatoms. The number of carbonyl (C=O) groups is 1. The van der Waals surface area contributed by atoms with Gasteiger partial charge in [-0.2, -0.15) is 8.42 Å². The van der Waals surface area contributed by atoms with Crippen molar-refractivity contribution in [1.29, 1.82) is 0 Å². The molecule has 2 aromatic carbocycles. The van der Waals surface area contributed by atoms with Crippen LogP contribution in [0.3, 0.4) is 0 Å². The van der Waals surface area contributed by atoms with Gasteiger partial charge in [0.15, 0.2) is 6.29 Å². The molecule has 0 amide bonds. The first kappa shape index (κ1) is 16.4. The van der Waals surface area contributed by atoms with Gasteiger partial charge in [-0.3, -0.25) is 10.1 Å². The maximum atomic E-state index is 12.4. The van der Waals surface area contributed by atoms with Crippen LogP contribution in [0.1, 0.15) is 11.1 Å². The third-order valence-corrected chi connectivity index (χ3v) is 4.62. The van der Waals surface area contributed by atoms with Gasteiger partial charge < -0.3 is 0 Å². The van der Waals surface area contributed by atoms with Crippen LogP contribution in [0.15, 0.2) is 59.5 Å². The minimum absolute atomic E-state index is 0.00416. The lowest BCUT2D eigenvalue weighted by atomic mass is 10.1. The Balaban J connectivity index is 2.43. The van der Waals surface area contributed by atoms with Crippen molar-refractivity contribution in [3.05, 3.63) is 65.7 Å². The molecule has 0 radical (unpaired) electrons. The maximum absolute atomic E-state index is 12.4. The zero-order valence-corrected chi connectivity index (χ0v) is 13.1. The molecule has 0 aliphatic carbocycles. The second kappa shape index (κ2) is 6.39. The molecule has 1 N–H and O–H groups in total. The van der Waals surface area contributed by atoms with Gasteiger partial charge in [0.05, 0.1) is 4.90 Å². The molecule has 5 nitrogen and oxygen atoms in total. The van der Waals surface area contributed by atoms with E-state index in [1.54, 1.807) is 42.5 Å². The summed E-state index contributed by atoms with van der Waals surface area (Å²) in [6, 6.07) is 14.6. The molecule has 116 valence electrons. The summed E-state index contributed by atoms with van der Waals surface area (Å²) in [4.78, 5) is 11.6. The molecule has 1 unspecified atom stereocenters. The standard InChI is InChI=1S/C16H17NO4S/c1-13-8-10-15(11-9-13)22(19,20)21-16(12-18,17-2)14-6-4-3-5-7-14/h3-12,17H,1-2H3. The number of rotatable bonds is 6. The van der Waals surface area contributed by atoms with Gasteiger partial charge in [-0.25, -0.2) is 4.18 Å². The zero-order valence-electron chi connectivity index (χ0n) is 12.3. The lowest BCUT2D eigenvalue weighted by molar-refractivity contribution is -0.124. The molecule has 0 aliphatic heterocycles. The van der Waals surface area contributed by atoms with E-state index in [4.69, 9.17) is 4.18 Å². The molecule has 22 heavy (non-hydrogen) atoms. The SMILES string of the molecule is CNC(C=O)(OS(=O)(=O)c1ccc(C)cc1)c1ccccc1. The van der Waals surface area contributed by atoms with Crippen molar-refractivity contribution in [3.63, 3.8) is 0 Å². The van der Waals surface area contributed by atoms with Crippen molar-refractivity contribution >= 4 is 16.4 Å². The Labute approximate surface area is 130 Å². The van der Waals surface area contributed by atoms with E-state index in [2.05, 4.69) is 5.32 Å². The van der Waals surface area contributed by atoms with E-state index >= 15 is 0 Å². The lowest BCUT2D eigenvalue weighted by Crippen LogP contribution is -2.45. The van der Waals surface area contributed by atoms with Gasteiger partial charge in [-0.1, -0.05) is 48.0 Å². The summed E-state index contributed by atoms with van der Waals surface area (Å²) in [5, 5.41) is 2.65. The van der Waals surface area contributed by atoms with Crippen LogP contribution >= 0.6 is 0 Å². The Kier molecular flexibility index (Phi) is 4.75. The fourth-order valence-corrected chi connectivity index (χ4v) is 3.12. The summed E-state index contributed by atoms with van der Waals surface area (Å²) in [6.07, 6.45) is 0.439. The molecule has 0 saturated heterocycles. The van der Waals surface area contributed by atoms with Crippen LogP contribution < -0.4 is 5.32 Å². The minimum Gasteiger partial charge on any atom is -0.298 e. The van der Waals surface area contributed by atoms with E-state index < -0.39 is 15.8 Å². The van der Waals surface area contributed by atoms with Crippen molar-refractivity contribution in [3.8, 4) is 0 Å². The van der Waals surface area contributed by atoms with E-state index in [0.29, 0.717) is 11.8 Å². The number of aryl methyl sites for hydroxylation is 1. The third kappa shape index (κ3) is 3.24. The van der Waals surface area contributed by atoms with Gasteiger partial charge in [0.2, 0.25) is 5.72 Å². The summed E-state index contributed by atoms with van der Waals surface area (Å²) in [7, 11) is -2.64. The van der Waals surface area contributed by atoms with Crippen molar-refractivity contribution in [2.75, 3.05) is 7.05 Å². The van der Waals surface area contributed by atoms with Gasteiger partial charge in [-0.15, -0.1) is 0 Å². The second-order valence-electron chi connectivity index (χ2n) is 4.82. The summed E-state index contributed by atoms with van der Waals surface area (Å²) in [5.41, 5.74) is -0.425. The van der Waals surface area contributed by atoms with Crippen LogP contribution in [-0.2, 0) is 24.8 Å². The van der Waals surface area contributed by atoms with Crippen molar-refractivity contribution in [2.24, 2.45) is 0 Å². The largest absolute Gasteiger partial charge is 0.299 e. The van der Waals surface area contributed by atoms with Gasteiger partial charge in [-0.05, 0) is 26.1 Å². The van der Waals surface area contributed by atoms with Gasteiger partial charge in [0.25, 0.3) is 10.1 Å². The Morgan fingerprint density at radius 1 is 1.05 bits per heavy atom. The Morgan fingerprint density at radius 3 is 2.14 bits per heavy atom. The molecule has 1 atom stereocenters. The smallest absolute Gasteiger partial charge is 0.298 e. The highest BCUT2D eigenvalue weighted by atomic mass is 32.2. The van der Waals surface area contributed by atoms with E-state index in [9.17, 15) is 13.2 Å². The number of aldehydes is 1. The highest BCUT2D eigenvalue weighted by molar-refractivity contribution is 7.86. The van der Waals surface area contributed by atoms with E-state index in [1.807, 2.05) is 6.92 Å². The molecule has 0 fully saturated rings. The van der Waals surface area contributed by atoms with Gasteiger partial charge >= 0.3 is 0 Å². The van der Waals surface area contributed by atoms with Crippen molar-refractivity contribution in [2.45, 2.75) is 17.5 Å². The van der Waals surface area contributed by atoms with Crippen LogP contribution in [0, 0.1) is 6.92 Å². The molecule has 0 spiro atoms. The van der Waals surface area contributed by atoms with Crippen LogP contribution in [-0.4, -0.2) is 21.8 Å². The maximum Gasteiger partial charge on any atom is 0.299 e. The molecule has 0 heterocycles. The zero-order chi connectivity index (χ0) is 16.2. The third-order valence-electron chi connectivity index (χ3n) is 3.29. The molecule has 0 bridgehead atoms. The van der Waals surface area contributed by atoms with Crippen LogP contribution in [0.25, 0.3) is 0 Å². The lowest BCUT2D eigenvalue weighted by Gasteiger charge is -2.27. The van der Waals surface area contributed by atoms with E-state index in [0.717, 1.165) is 5.56 Å². The summed E-state index contributed by atoms with van der Waals surface area (Å²) in [5.74, 6) is 0. The molecule has 0 saturated carbocycles. The van der Waals surface area contributed by atoms with E-state index in [-0.39, 0.29) is 4.90 Å². The molecular weight excluding hydrogens is 302 g/mol. The quantitative estimate of drug-likeness (QED) is 0.501. The number of benzene rings is 2. The number of hydrogen-bond acceptors (Lipinski definition) is 5. The average molecular weight is 319 g/mol. The van der Waals surface area contributed by atoms with Crippen LogP contribution in [0.4, 0.5) is 0 Å². The topological polar surface area (TPSA) is 72.5 Å². The molecular formula is C16H17NO4S. The van der Waals surface area contributed by atoms with Crippen molar-refractivity contribution in [1.82, 2.24) is 5.32 Å². The fourth-order valence-electron chi connectivity index (χ4n) is 1.99. The second-order valence-corrected chi connectivity index (χ2v) is 6.37. The number of hydrogen-bond donors (Lipinski definition) is 1. The highest BCUT2D eigenvalue weighted by Crippen LogP contribution is 2.26. The number of nitrogens with one attached hydrogen (secondary N) is 1. The predicted molar refractivity (Wildman–Crippen MR) is 82.7 cm³/mol. The van der Waals surface area contributed by atoms with E-state index in [1.165, 1.54) is 19.2 Å². The molecule has 0 aliphatic rings. The monoisotopic (exact) mass is 319 g/mol. The van der Waals surface area contributed by atoms with Crippen LogP contribution in [0.2, 0.25) is 0 Å². The Morgan fingerprint density at radius 2 is 1.64 bits per heavy atom. The molecule has 0 aromatic heterocycles. The minimum atomic E-state index is -4.10. The summed E-state index contributed by atoms with van der Waals surface area (Å²) < 4.78 is 30.1. The van der Waals surface area contributed by atoms with Gasteiger partial charge in [0, 0.05) is 5.56 Å². The molecule has 2 aromatic rings. The van der Waals surface area contributed by atoms with Crippen LogP contribution in [0.5, 0.6) is 0 Å². The number of carbonyl (C=O) groups excluding carboxylic acids is 1. The first-order valence-electron chi connectivity index (χ1n) is 6.66. The summed E-state index contributed by atoms with van der Waals surface area (Å²) in [6.45, 7) is 1.85. The average Bonchev–Trinajstić information content (AvgIpc) is 2.54. The Bertz CT molecular complexity index is 741. The number of likely N-dealkylation sites (N-methyl/N-ethyl adjacent to an activating group) is 1. The Hall–Kier alpha value is -2.02. The first-order chi connectivity index (χ1) is 10.4. The fraction of sp³-hybridized carbons (Fsp3) is 0.188. The van der Waals surface area contributed by atoms with Gasteiger partial charge in [0.1, 0.15) is 0 Å². The summed E-state index contributed by atoms with van der Waals surface area (Å²) >= 11 is 0. The van der Waals surface area contributed by atoms with Crippen molar-refractivity contribution < 1.29 is 17.4 Å². The molecule has 2 rings (SSSR count). The normalized spacial score (nSPS) is 14.3.